The number of para-hydroxylation sites is 3. The zero-order valence-electron chi connectivity index (χ0n) is 16.9. The minimum absolute atomic E-state index is 0.104. The van der Waals surface area contributed by atoms with E-state index in [4.69, 9.17) is 0 Å². The first-order chi connectivity index (χ1) is 15.4. The molecule has 0 saturated heterocycles. The van der Waals surface area contributed by atoms with E-state index in [9.17, 15) is 19.7 Å². The Hall–Kier alpha value is -4.05. The van der Waals surface area contributed by atoms with Gasteiger partial charge < -0.3 is 5.32 Å². The molecule has 0 unspecified atom stereocenters. The van der Waals surface area contributed by atoms with Crippen molar-refractivity contribution in [3.8, 4) is 5.82 Å². The average molecular weight is 447 g/mol. The highest BCUT2D eigenvalue weighted by atomic mass is 32.2. The molecule has 2 aromatic carbocycles. The van der Waals surface area contributed by atoms with E-state index < -0.39 is 10.8 Å². The predicted molar refractivity (Wildman–Crippen MR) is 122 cm³/mol. The molecule has 1 amide bonds. The van der Waals surface area contributed by atoms with Crippen LogP contribution in [-0.2, 0) is 4.79 Å². The van der Waals surface area contributed by atoms with Gasteiger partial charge in [0, 0.05) is 12.3 Å². The molecular formula is C22H17N5O4S. The van der Waals surface area contributed by atoms with Crippen LogP contribution in [0.1, 0.15) is 5.56 Å². The van der Waals surface area contributed by atoms with Gasteiger partial charge in [-0.2, -0.15) is 0 Å². The van der Waals surface area contributed by atoms with Crippen molar-refractivity contribution < 1.29 is 9.72 Å². The maximum Gasteiger partial charge on any atom is 0.292 e. The minimum atomic E-state index is -0.561. The smallest absolute Gasteiger partial charge is 0.292 e. The summed E-state index contributed by atoms with van der Waals surface area (Å²) in [6.07, 6.45) is 1.65. The van der Waals surface area contributed by atoms with Crippen LogP contribution in [0.2, 0.25) is 0 Å². The largest absolute Gasteiger partial charge is 0.320 e. The number of benzene rings is 2. The SMILES string of the molecule is Cc1ccc(-n2c(SCC(=O)Nc3ccccc3[N+](=O)[O-])nc3ccccc3c2=O)nc1. The second-order valence-electron chi connectivity index (χ2n) is 6.86. The molecule has 0 aliphatic rings. The molecule has 4 rings (SSSR count). The lowest BCUT2D eigenvalue weighted by molar-refractivity contribution is -0.383. The summed E-state index contributed by atoms with van der Waals surface area (Å²) in [5.41, 5.74) is 1.05. The summed E-state index contributed by atoms with van der Waals surface area (Å²) in [6, 6.07) is 16.4. The van der Waals surface area contributed by atoms with Gasteiger partial charge in [-0.1, -0.05) is 42.1 Å². The lowest BCUT2D eigenvalue weighted by Crippen LogP contribution is -2.23. The lowest BCUT2D eigenvalue weighted by atomic mass is 10.2. The van der Waals surface area contributed by atoms with Crippen LogP contribution in [0.4, 0.5) is 11.4 Å². The number of nitro benzene ring substituents is 1. The molecule has 0 atom stereocenters. The third kappa shape index (κ3) is 4.35. The summed E-state index contributed by atoms with van der Waals surface area (Å²) in [5, 5.41) is 14.4. The van der Waals surface area contributed by atoms with Gasteiger partial charge in [-0.15, -0.1) is 0 Å². The number of hydrogen-bond donors (Lipinski definition) is 1. The maximum atomic E-state index is 13.2. The van der Waals surface area contributed by atoms with Gasteiger partial charge in [0.05, 0.1) is 21.6 Å². The molecule has 160 valence electrons. The Morgan fingerprint density at radius 1 is 1.12 bits per heavy atom. The van der Waals surface area contributed by atoms with Crippen LogP contribution in [0.15, 0.2) is 76.8 Å². The standard InChI is InChI=1S/C22H17N5O4S/c1-14-10-11-19(23-12-14)26-21(29)15-6-2-3-7-16(15)25-22(26)32-13-20(28)24-17-8-4-5-9-18(17)27(30)31/h2-12H,13H2,1H3,(H,24,28). The van der Waals surface area contributed by atoms with Gasteiger partial charge in [0.25, 0.3) is 11.2 Å². The van der Waals surface area contributed by atoms with Gasteiger partial charge in [-0.05, 0) is 36.8 Å². The van der Waals surface area contributed by atoms with Crippen molar-refractivity contribution in [1.29, 1.82) is 0 Å². The van der Waals surface area contributed by atoms with Crippen LogP contribution < -0.4 is 10.9 Å². The van der Waals surface area contributed by atoms with Crippen molar-refractivity contribution in [2.75, 3.05) is 11.1 Å². The summed E-state index contributed by atoms with van der Waals surface area (Å²) in [6.45, 7) is 1.89. The molecule has 2 heterocycles. The molecule has 0 aliphatic carbocycles. The Morgan fingerprint density at radius 2 is 1.88 bits per heavy atom. The zero-order chi connectivity index (χ0) is 22.7. The quantitative estimate of drug-likeness (QED) is 0.207. The highest BCUT2D eigenvalue weighted by Gasteiger charge is 2.18. The van der Waals surface area contributed by atoms with E-state index in [0.29, 0.717) is 21.9 Å². The minimum Gasteiger partial charge on any atom is -0.320 e. The number of hydrogen-bond acceptors (Lipinski definition) is 7. The number of aromatic nitrogens is 3. The van der Waals surface area contributed by atoms with Crippen LogP contribution in [0.5, 0.6) is 0 Å². The molecule has 2 aromatic heterocycles. The topological polar surface area (TPSA) is 120 Å². The number of thioether (sulfide) groups is 1. The van der Waals surface area contributed by atoms with E-state index in [0.717, 1.165) is 17.3 Å². The Bertz CT molecular complexity index is 1390. The van der Waals surface area contributed by atoms with Crippen molar-refractivity contribution >= 4 is 39.9 Å². The highest BCUT2D eigenvalue weighted by molar-refractivity contribution is 7.99. The van der Waals surface area contributed by atoms with Crippen LogP contribution in [0.3, 0.4) is 0 Å². The number of rotatable bonds is 6. The molecule has 0 radical (unpaired) electrons. The maximum absolute atomic E-state index is 13.2. The fourth-order valence-corrected chi connectivity index (χ4v) is 3.86. The Kier molecular flexibility index (Phi) is 5.95. The summed E-state index contributed by atoms with van der Waals surface area (Å²) >= 11 is 1.05. The highest BCUT2D eigenvalue weighted by Crippen LogP contribution is 2.25. The lowest BCUT2D eigenvalue weighted by Gasteiger charge is -2.12. The van der Waals surface area contributed by atoms with Gasteiger partial charge in [0.15, 0.2) is 5.16 Å². The first-order valence-electron chi connectivity index (χ1n) is 9.55. The van der Waals surface area contributed by atoms with Gasteiger partial charge in [0.1, 0.15) is 11.5 Å². The molecular weight excluding hydrogens is 430 g/mol. The molecule has 0 fully saturated rings. The van der Waals surface area contributed by atoms with Crippen molar-refractivity contribution in [3.05, 3.63) is 92.9 Å². The van der Waals surface area contributed by atoms with Crippen molar-refractivity contribution in [2.24, 2.45) is 0 Å². The van der Waals surface area contributed by atoms with E-state index in [1.165, 1.54) is 22.8 Å². The van der Waals surface area contributed by atoms with E-state index in [1.807, 2.05) is 13.0 Å². The number of pyridine rings is 1. The first-order valence-corrected chi connectivity index (χ1v) is 10.5. The van der Waals surface area contributed by atoms with Crippen LogP contribution in [0, 0.1) is 17.0 Å². The van der Waals surface area contributed by atoms with Crippen LogP contribution in [-0.4, -0.2) is 31.1 Å². The molecule has 32 heavy (non-hydrogen) atoms. The zero-order valence-corrected chi connectivity index (χ0v) is 17.7. The van der Waals surface area contributed by atoms with E-state index >= 15 is 0 Å². The summed E-state index contributed by atoms with van der Waals surface area (Å²) in [7, 11) is 0. The van der Waals surface area contributed by atoms with E-state index in [2.05, 4.69) is 15.3 Å². The Balaban J connectivity index is 1.66. The summed E-state index contributed by atoms with van der Waals surface area (Å²) in [5.74, 6) is -0.182. The monoisotopic (exact) mass is 447 g/mol. The van der Waals surface area contributed by atoms with E-state index in [1.54, 1.807) is 42.6 Å². The molecule has 0 spiro atoms. The number of amides is 1. The summed E-state index contributed by atoms with van der Waals surface area (Å²) < 4.78 is 1.37. The number of nitro groups is 1. The normalized spacial score (nSPS) is 10.8. The van der Waals surface area contributed by atoms with Crippen molar-refractivity contribution in [3.63, 3.8) is 0 Å². The number of fused-ring (bicyclic) bond motifs is 1. The second kappa shape index (κ2) is 8.98. The van der Waals surface area contributed by atoms with Gasteiger partial charge in [0.2, 0.25) is 5.91 Å². The van der Waals surface area contributed by atoms with Crippen molar-refractivity contribution in [2.45, 2.75) is 12.1 Å². The number of carbonyl (C=O) groups is 1. The Morgan fingerprint density at radius 3 is 2.62 bits per heavy atom. The third-order valence-corrected chi connectivity index (χ3v) is 5.52. The molecule has 1 N–H and O–H groups in total. The second-order valence-corrected chi connectivity index (χ2v) is 7.80. The number of nitrogens with zero attached hydrogens (tertiary/aromatic N) is 4. The van der Waals surface area contributed by atoms with Gasteiger partial charge >= 0.3 is 0 Å². The summed E-state index contributed by atoms with van der Waals surface area (Å²) in [4.78, 5) is 45.2. The average Bonchev–Trinajstić information content (AvgIpc) is 2.79. The molecule has 0 saturated carbocycles. The van der Waals surface area contributed by atoms with Gasteiger partial charge in [-0.3, -0.25) is 19.7 Å². The third-order valence-electron chi connectivity index (χ3n) is 4.58. The number of carbonyl (C=O) groups excluding carboxylic acids is 1. The van der Waals surface area contributed by atoms with Crippen LogP contribution >= 0.6 is 11.8 Å². The first kappa shape index (κ1) is 21.2. The molecule has 0 bridgehead atoms. The molecule has 4 aromatic rings. The van der Waals surface area contributed by atoms with E-state index in [-0.39, 0.29) is 22.7 Å². The Labute approximate surface area is 186 Å². The van der Waals surface area contributed by atoms with Crippen LogP contribution in [0.25, 0.3) is 16.7 Å². The van der Waals surface area contributed by atoms with Gasteiger partial charge in [-0.25, -0.2) is 14.5 Å². The molecule has 0 aliphatic heterocycles. The fraction of sp³-hybridized carbons (Fsp3) is 0.0909. The number of aryl methyl sites for hydroxylation is 1. The molecule has 9 nitrogen and oxygen atoms in total. The predicted octanol–water partition coefficient (Wildman–Crippen LogP) is 3.73. The number of nitrogens with one attached hydrogen (secondary N) is 1. The number of anilines is 1. The molecule has 10 heteroatoms. The fourth-order valence-electron chi connectivity index (χ4n) is 3.06. The van der Waals surface area contributed by atoms with Crippen molar-refractivity contribution in [1.82, 2.24) is 14.5 Å².